The number of methoxy groups -OCH3 is 1. The van der Waals surface area contributed by atoms with Gasteiger partial charge in [0.15, 0.2) is 6.23 Å². The number of rotatable bonds is 3. The minimum atomic E-state index is -0.196. The molecule has 14 heavy (non-hydrogen) atoms. The normalized spacial score (nSPS) is 12.6. The van der Waals surface area contributed by atoms with Crippen LogP contribution in [-0.2, 0) is 4.74 Å². The molecule has 0 fully saturated rings. The zero-order valence-corrected chi connectivity index (χ0v) is 7.87. The van der Waals surface area contributed by atoms with E-state index in [1.807, 2.05) is 30.3 Å². The molecule has 1 aromatic heterocycles. The Hall–Kier alpha value is -1.68. The summed E-state index contributed by atoms with van der Waals surface area (Å²) >= 11 is 0. The number of hydrogen-bond acceptors (Lipinski definition) is 3. The summed E-state index contributed by atoms with van der Waals surface area (Å²) < 4.78 is 7.02. The fourth-order valence-corrected chi connectivity index (χ4v) is 1.35. The quantitative estimate of drug-likeness (QED) is 0.734. The van der Waals surface area contributed by atoms with Crippen molar-refractivity contribution in [2.45, 2.75) is 6.23 Å². The lowest BCUT2D eigenvalue weighted by molar-refractivity contribution is 0.0678. The second kappa shape index (κ2) is 4.02. The molecule has 1 heterocycles. The number of benzene rings is 1. The second-order valence-electron chi connectivity index (χ2n) is 2.87. The van der Waals surface area contributed by atoms with Gasteiger partial charge in [-0.3, -0.25) is 0 Å². The summed E-state index contributed by atoms with van der Waals surface area (Å²) in [6.07, 6.45) is 2.94. The highest BCUT2D eigenvalue weighted by Crippen LogP contribution is 2.16. The molecule has 0 amide bonds. The summed E-state index contributed by atoms with van der Waals surface area (Å²) in [7, 11) is 1.65. The molecule has 72 valence electrons. The fraction of sp³-hybridized carbons (Fsp3) is 0.200. The van der Waals surface area contributed by atoms with Gasteiger partial charge in [-0.2, -0.15) is 5.10 Å². The molecule has 0 saturated heterocycles. The van der Waals surface area contributed by atoms with Crippen molar-refractivity contribution in [1.82, 2.24) is 14.8 Å². The average Bonchev–Trinajstić information content (AvgIpc) is 2.74. The van der Waals surface area contributed by atoms with E-state index in [0.717, 1.165) is 5.56 Å². The molecule has 0 bridgehead atoms. The zero-order chi connectivity index (χ0) is 9.80. The maximum Gasteiger partial charge on any atom is 0.177 e. The van der Waals surface area contributed by atoms with Crippen molar-refractivity contribution in [2.75, 3.05) is 7.11 Å². The van der Waals surface area contributed by atoms with Gasteiger partial charge in [0.25, 0.3) is 0 Å². The Balaban J connectivity index is 2.31. The maximum atomic E-state index is 5.34. The first kappa shape index (κ1) is 8.90. The molecule has 1 unspecified atom stereocenters. The second-order valence-corrected chi connectivity index (χ2v) is 2.87. The van der Waals surface area contributed by atoms with E-state index in [2.05, 4.69) is 10.1 Å². The van der Waals surface area contributed by atoms with Gasteiger partial charge in [0.1, 0.15) is 12.7 Å². The van der Waals surface area contributed by atoms with E-state index in [9.17, 15) is 0 Å². The summed E-state index contributed by atoms with van der Waals surface area (Å²) in [6, 6.07) is 9.90. The molecule has 0 saturated carbocycles. The van der Waals surface area contributed by atoms with Crippen molar-refractivity contribution in [3.63, 3.8) is 0 Å². The van der Waals surface area contributed by atoms with Crippen LogP contribution in [0.1, 0.15) is 11.8 Å². The minimum Gasteiger partial charge on any atom is -0.355 e. The molecule has 0 aliphatic heterocycles. The van der Waals surface area contributed by atoms with Gasteiger partial charge in [0, 0.05) is 12.7 Å². The highest BCUT2D eigenvalue weighted by molar-refractivity contribution is 5.17. The average molecular weight is 189 g/mol. The van der Waals surface area contributed by atoms with Gasteiger partial charge in [-0.15, -0.1) is 0 Å². The Morgan fingerprint density at radius 3 is 2.64 bits per heavy atom. The Labute approximate surface area is 82.2 Å². The highest BCUT2D eigenvalue weighted by atomic mass is 16.5. The summed E-state index contributed by atoms with van der Waals surface area (Å²) in [4.78, 5) is 3.89. The molecule has 0 N–H and O–H groups in total. The molecule has 1 atom stereocenters. The van der Waals surface area contributed by atoms with Gasteiger partial charge >= 0.3 is 0 Å². The molecule has 4 nitrogen and oxygen atoms in total. The molecule has 1 aromatic carbocycles. The third-order valence-corrected chi connectivity index (χ3v) is 1.98. The lowest BCUT2D eigenvalue weighted by Crippen LogP contribution is -2.12. The van der Waals surface area contributed by atoms with Crippen molar-refractivity contribution in [3.8, 4) is 0 Å². The van der Waals surface area contributed by atoms with Crippen LogP contribution in [0.25, 0.3) is 0 Å². The number of nitrogens with zero attached hydrogens (tertiary/aromatic N) is 3. The maximum absolute atomic E-state index is 5.34. The lowest BCUT2D eigenvalue weighted by atomic mass is 10.2. The standard InChI is InChI=1S/C10H11N3O/c1-14-10(13-8-11-7-12-13)9-5-3-2-4-6-9/h2-8,10H,1H3. The molecule has 0 radical (unpaired) electrons. The van der Waals surface area contributed by atoms with Gasteiger partial charge in [0.2, 0.25) is 0 Å². The molecule has 2 aromatic rings. The van der Waals surface area contributed by atoms with Crippen molar-refractivity contribution in [3.05, 3.63) is 48.5 Å². The van der Waals surface area contributed by atoms with Crippen LogP contribution in [0.2, 0.25) is 0 Å². The Kier molecular flexibility index (Phi) is 2.55. The topological polar surface area (TPSA) is 39.9 Å². The van der Waals surface area contributed by atoms with Crippen LogP contribution < -0.4 is 0 Å². The summed E-state index contributed by atoms with van der Waals surface area (Å²) in [6.45, 7) is 0. The number of ether oxygens (including phenoxy) is 1. The Bertz CT molecular complexity index is 372. The molecule has 0 spiro atoms. The number of hydrogen-bond donors (Lipinski definition) is 0. The molecular formula is C10H11N3O. The van der Waals surface area contributed by atoms with Gasteiger partial charge in [-0.05, 0) is 0 Å². The van der Waals surface area contributed by atoms with Crippen molar-refractivity contribution >= 4 is 0 Å². The summed E-state index contributed by atoms with van der Waals surface area (Å²) in [5.74, 6) is 0. The van der Waals surface area contributed by atoms with Gasteiger partial charge in [-0.25, -0.2) is 9.67 Å². The summed E-state index contributed by atoms with van der Waals surface area (Å²) in [5, 5.41) is 4.04. The molecule has 2 rings (SSSR count). The smallest absolute Gasteiger partial charge is 0.177 e. The van der Waals surface area contributed by atoms with Crippen molar-refractivity contribution in [1.29, 1.82) is 0 Å². The van der Waals surface area contributed by atoms with E-state index in [-0.39, 0.29) is 6.23 Å². The summed E-state index contributed by atoms with van der Waals surface area (Å²) in [5.41, 5.74) is 1.06. The van der Waals surface area contributed by atoms with E-state index in [1.54, 1.807) is 18.1 Å². The first-order valence-electron chi connectivity index (χ1n) is 4.33. The van der Waals surface area contributed by atoms with Crippen molar-refractivity contribution < 1.29 is 4.74 Å². The zero-order valence-electron chi connectivity index (χ0n) is 7.87. The van der Waals surface area contributed by atoms with Crippen LogP contribution in [0.3, 0.4) is 0 Å². The Morgan fingerprint density at radius 1 is 1.29 bits per heavy atom. The third kappa shape index (κ3) is 1.65. The molecular weight excluding hydrogens is 178 g/mol. The van der Waals surface area contributed by atoms with E-state index in [0.29, 0.717) is 0 Å². The van der Waals surface area contributed by atoms with E-state index in [1.165, 1.54) is 6.33 Å². The van der Waals surface area contributed by atoms with Crippen molar-refractivity contribution in [2.24, 2.45) is 0 Å². The first-order valence-corrected chi connectivity index (χ1v) is 4.33. The molecule has 4 heteroatoms. The Morgan fingerprint density at radius 2 is 2.07 bits per heavy atom. The predicted molar refractivity (Wildman–Crippen MR) is 51.6 cm³/mol. The van der Waals surface area contributed by atoms with Crippen LogP contribution >= 0.6 is 0 Å². The van der Waals surface area contributed by atoms with Gasteiger partial charge in [0.05, 0.1) is 0 Å². The molecule has 0 aliphatic carbocycles. The number of aromatic nitrogens is 3. The first-order chi connectivity index (χ1) is 6.92. The highest BCUT2D eigenvalue weighted by Gasteiger charge is 2.11. The van der Waals surface area contributed by atoms with Crippen LogP contribution in [0.4, 0.5) is 0 Å². The lowest BCUT2D eigenvalue weighted by Gasteiger charge is -2.14. The van der Waals surface area contributed by atoms with Gasteiger partial charge < -0.3 is 4.74 Å². The third-order valence-electron chi connectivity index (χ3n) is 1.98. The van der Waals surface area contributed by atoms with Crippen LogP contribution in [0, 0.1) is 0 Å². The monoisotopic (exact) mass is 189 g/mol. The molecule has 0 aliphatic rings. The van der Waals surface area contributed by atoms with Gasteiger partial charge in [-0.1, -0.05) is 30.3 Å². The SMILES string of the molecule is COC(c1ccccc1)n1cncn1. The minimum absolute atomic E-state index is 0.196. The largest absolute Gasteiger partial charge is 0.355 e. The fourth-order valence-electron chi connectivity index (χ4n) is 1.35. The van der Waals surface area contributed by atoms with Crippen LogP contribution in [0.15, 0.2) is 43.0 Å². The van der Waals surface area contributed by atoms with E-state index < -0.39 is 0 Å². The van der Waals surface area contributed by atoms with E-state index in [4.69, 9.17) is 4.74 Å². The van der Waals surface area contributed by atoms with Crippen LogP contribution in [0.5, 0.6) is 0 Å². The predicted octanol–water partition coefficient (Wildman–Crippen LogP) is 1.47. The van der Waals surface area contributed by atoms with E-state index >= 15 is 0 Å². The van der Waals surface area contributed by atoms with Crippen LogP contribution in [-0.4, -0.2) is 21.9 Å².